The van der Waals surface area contributed by atoms with Gasteiger partial charge in [-0.15, -0.1) is 0 Å². The van der Waals surface area contributed by atoms with Crippen molar-refractivity contribution >= 4 is 15.7 Å². The Morgan fingerprint density at radius 1 is 1.22 bits per heavy atom. The summed E-state index contributed by atoms with van der Waals surface area (Å²) < 4.78 is 32.6. The van der Waals surface area contributed by atoms with Gasteiger partial charge in [-0.2, -0.15) is 4.31 Å². The molecule has 1 aliphatic carbocycles. The van der Waals surface area contributed by atoms with Crippen LogP contribution in [0.15, 0.2) is 29.2 Å². The topological polar surface area (TPSA) is 89.8 Å². The van der Waals surface area contributed by atoms with Crippen LogP contribution in [0, 0.1) is 16.0 Å². The van der Waals surface area contributed by atoms with Gasteiger partial charge in [0.25, 0.3) is 5.69 Å². The summed E-state index contributed by atoms with van der Waals surface area (Å²) in [7, 11) is -3.63. The third kappa shape index (κ3) is 3.88. The van der Waals surface area contributed by atoms with E-state index in [-0.39, 0.29) is 16.7 Å². The molecule has 1 atom stereocenters. The van der Waals surface area contributed by atoms with E-state index in [1.807, 2.05) is 0 Å². The number of ether oxygens (including phenoxy) is 1. The fourth-order valence-electron chi connectivity index (χ4n) is 2.70. The predicted molar refractivity (Wildman–Crippen MR) is 83.6 cm³/mol. The minimum Gasteiger partial charge on any atom is -0.377 e. The van der Waals surface area contributed by atoms with Gasteiger partial charge in [0.15, 0.2) is 0 Å². The van der Waals surface area contributed by atoms with Gasteiger partial charge < -0.3 is 4.74 Å². The van der Waals surface area contributed by atoms with Crippen LogP contribution >= 0.6 is 0 Å². The second kappa shape index (κ2) is 6.54. The highest BCUT2D eigenvalue weighted by molar-refractivity contribution is 7.89. The molecule has 8 heteroatoms. The Labute approximate surface area is 135 Å². The van der Waals surface area contributed by atoms with E-state index in [9.17, 15) is 18.5 Å². The predicted octanol–water partition coefficient (Wildman–Crippen LogP) is 2.17. The number of hydrogen-bond acceptors (Lipinski definition) is 5. The number of nitro benzene ring substituents is 1. The first-order chi connectivity index (χ1) is 11.0. The van der Waals surface area contributed by atoms with Crippen LogP contribution in [-0.2, 0) is 14.8 Å². The van der Waals surface area contributed by atoms with Crippen LogP contribution in [-0.4, -0.2) is 43.4 Å². The molecule has 7 nitrogen and oxygen atoms in total. The van der Waals surface area contributed by atoms with E-state index >= 15 is 0 Å². The fraction of sp³-hybridized carbons (Fsp3) is 0.600. The summed E-state index contributed by atoms with van der Waals surface area (Å²) in [5.41, 5.74) is -0.117. The Kier molecular flexibility index (Phi) is 4.65. The average Bonchev–Trinajstić information content (AvgIpc) is 3.37. The molecule has 1 saturated carbocycles. The zero-order chi connectivity index (χ0) is 16.4. The third-order valence-electron chi connectivity index (χ3n) is 4.29. The van der Waals surface area contributed by atoms with Crippen molar-refractivity contribution in [3.8, 4) is 0 Å². The van der Waals surface area contributed by atoms with Crippen LogP contribution in [0.1, 0.15) is 25.7 Å². The van der Waals surface area contributed by atoms with Gasteiger partial charge in [0.2, 0.25) is 10.0 Å². The van der Waals surface area contributed by atoms with Crippen molar-refractivity contribution in [2.75, 3.05) is 19.7 Å². The number of benzene rings is 1. The van der Waals surface area contributed by atoms with Crippen molar-refractivity contribution in [1.82, 2.24) is 4.31 Å². The highest BCUT2D eigenvalue weighted by Gasteiger charge is 2.32. The van der Waals surface area contributed by atoms with Crippen molar-refractivity contribution in [3.63, 3.8) is 0 Å². The molecule has 0 amide bonds. The van der Waals surface area contributed by atoms with E-state index in [1.165, 1.54) is 41.4 Å². The van der Waals surface area contributed by atoms with Crippen LogP contribution in [0.2, 0.25) is 0 Å². The number of piperidine rings is 1. The molecule has 2 aliphatic rings. The molecule has 1 heterocycles. The molecule has 1 aromatic rings. The molecule has 1 aromatic carbocycles. The molecule has 3 rings (SSSR count). The number of nitrogens with zero attached hydrogens (tertiary/aromatic N) is 2. The minimum atomic E-state index is -3.63. The SMILES string of the molecule is O=[N+]([O-])c1ccc(S(=O)(=O)N2CCCC(OCC3CC3)C2)cc1. The van der Waals surface area contributed by atoms with Gasteiger partial charge in [0.05, 0.1) is 15.9 Å². The van der Waals surface area contributed by atoms with E-state index < -0.39 is 14.9 Å². The quantitative estimate of drug-likeness (QED) is 0.585. The fourth-order valence-corrected chi connectivity index (χ4v) is 4.22. The van der Waals surface area contributed by atoms with Crippen molar-refractivity contribution in [2.24, 2.45) is 5.92 Å². The van der Waals surface area contributed by atoms with Crippen LogP contribution in [0.3, 0.4) is 0 Å². The highest BCUT2D eigenvalue weighted by Crippen LogP contribution is 2.30. The summed E-state index contributed by atoms with van der Waals surface area (Å²) in [6.45, 7) is 1.53. The summed E-state index contributed by atoms with van der Waals surface area (Å²) in [5, 5.41) is 10.7. The molecule has 0 spiro atoms. The number of hydrogen-bond donors (Lipinski definition) is 0. The van der Waals surface area contributed by atoms with Crippen LogP contribution < -0.4 is 0 Å². The molecular weight excluding hydrogens is 320 g/mol. The van der Waals surface area contributed by atoms with Crippen molar-refractivity contribution in [1.29, 1.82) is 0 Å². The molecule has 126 valence electrons. The molecule has 0 N–H and O–H groups in total. The summed E-state index contributed by atoms with van der Waals surface area (Å²) in [4.78, 5) is 10.2. The first-order valence-corrected chi connectivity index (χ1v) is 9.27. The Morgan fingerprint density at radius 3 is 2.52 bits per heavy atom. The van der Waals surface area contributed by atoms with E-state index in [1.54, 1.807) is 0 Å². The van der Waals surface area contributed by atoms with Crippen molar-refractivity contribution in [3.05, 3.63) is 34.4 Å². The van der Waals surface area contributed by atoms with Gasteiger partial charge in [0, 0.05) is 31.8 Å². The molecule has 1 saturated heterocycles. The molecule has 0 bridgehead atoms. The molecule has 0 aromatic heterocycles. The second-order valence-electron chi connectivity index (χ2n) is 6.16. The van der Waals surface area contributed by atoms with Gasteiger partial charge in [0.1, 0.15) is 0 Å². The lowest BCUT2D eigenvalue weighted by Gasteiger charge is -2.31. The van der Waals surface area contributed by atoms with Crippen molar-refractivity contribution < 1.29 is 18.1 Å². The van der Waals surface area contributed by atoms with Crippen molar-refractivity contribution in [2.45, 2.75) is 36.7 Å². The van der Waals surface area contributed by atoms with Gasteiger partial charge in [-0.05, 0) is 43.7 Å². The molecular formula is C15H20N2O5S. The van der Waals surface area contributed by atoms with E-state index in [0.717, 1.165) is 19.4 Å². The van der Waals surface area contributed by atoms with Gasteiger partial charge in [-0.1, -0.05) is 0 Å². The largest absolute Gasteiger partial charge is 0.377 e. The molecule has 23 heavy (non-hydrogen) atoms. The zero-order valence-corrected chi connectivity index (χ0v) is 13.6. The minimum absolute atomic E-state index is 0.0582. The maximum atomic E-state index is 12.7. The summed E-state index contributed by atoms with van der Waals surface area (Å²) in [6.07, 6.45) is 3.99. The lowest BCUT2D eigenvalue weighted by molar-refractivity contribution is -0.384. The van der Waals surface area contributed by atoms with Crippen LogP contribution in [0.4, 0.5) is 5.69 Å². The highest BCUT2D eigenvalue weighted by atomic mass is 32.2. The maximum Gasteiger partial charge on any atom is 0.269 e. The number of sulfonamides is 1. The lowest BCUT2D eigenvalue weighted by Crippen LogP contribution is -2.43. The molecule has 0 radical (unpaired) electrons. The Morgan fingerprint density at radius 2 is 1.91 bits per heavy atom. The number of non-ortho nitro benzene ring substituents is 1. The summed E-state index contributed by atoms with van der Waals surface area (Å²) >= 11 is 0. The van der Waals surface area contributed by atoms with Gasteiger partial charge in [-0.3, -0.25) is 10.1 Å². The maximum absolute atomic E-state index is 12.7. The first-order valence-electron chi connectivity index (χ1n) is 7.83. The normalized spacial score (nSPS) is 22.9. The lowest BCUT2D eigenvalue weighted by atomic mass is 10.1. The molecule has 2 fully saturated rings. The molecule has 1 aliphatic heterocycles. The van der Waals surface area contributed by atoms with Crippen LogP contribution in [0.5, 0.6) is 0 Å². The van der Waals surface area contributed by atoms with E-state index in [2.05, 4.69) is 0 Å². The monoisotopic (exact) mass is 340 g/mol. The van der Waals surface area contributed by atoms with E-state index in [4.69, 9.17) is 4.74 Å². The van der Waals surface area contributed by atoms with Crippen LogP contribution in [0.25, 0.3) is 0 Å². The Hall–Kier alpha value is -1.51. The smallest absolute Gasteiger partial charge is 0.269 e. The standard InChI is InChI=1S/C15H20N2O5S/c18-17(19)13-5-7-15(8-6-13)23(20,21)16-9-1-2-14(10-16)22-11-12-3-4-12/h5-8,12,14H,1-4,9-11H2. The Bertz CT molecular complexity index is 670. The molecule has 1 unspecified atom stereocenters. The third-order valence-corrected chi connectivity index (χ3v) is 6.17. The number of rotatable bonds is 6. The Balaban J connectivity index is 1.68. The van der Waals surface area contributed by atoms with Gasteiger partial charge >= 0.3 is 0 Å². The first kappa shape index (κ1) is 16.4. The zero-order valence-electron chi connectivity index (χ0n) is 12.8. The number of nitro groups is 1. The summed E-state index contributed by atoms with van der Waals surface area (Å²) in [5.74, 6) is 0.650. The second-order valence-corrected chi connectivity index (χ2v) is 8.09. The summed E-state index contributed by atoms with van der Waals surface area (Å²) in [6, 6.07) is 5.03. The van der Waals surface area contributed by atoms with Gasteiger partial charge in [-0.25, -0.2) is 8.42 Å². The van der Waals surface area contributed by atoms with E-state index in [0.29, 0.717) is 19.0 Å². The average molecular weight is 340 g/mol.